The molecule has 2 nitrogen and oxygen atoms in total. The van der Waals surface area contributed by atoms with Crippen LogP contribution in [0.15, 0.2) is 23.1 Å². The number of benzene rings is 1. The van der Waals surface area contributed by atoms with E-state index < -0.39 is 0 Å². The summed E-state index contributed by atoms with van der Waals surface area (Å²) in [6.45, 7) is 0.276. The number of aliphatic hydroxyl groups is 1. The SMILES string of the molecule is OCCC(NC1CCSc2ccc(Cl)cc21)C1CC1. The lowest BCUT2D eigenvalue weighted by atomic mass is 10.0. The van der Waals surface area contributed by atoms with Crippen molar-refractivity contribution in [3.63, 3.8) is 0 Å². The highest BCUT2D eigenvalue weighted by molar-refractivity contribution is 7.99. The molecule has 0 amide bonds. The van der Waals surface area contributed by atoms with Crippen LogP contribution in [0.4, 0.5) is 0 Å². The molecule has 3 rings (SSSR count). The maximum absolute atomic E-state index is 9.22. The van der Waals surface area contributed by atoms with Crippen LogP contribution in [-0.4, -0.2) is 23.5 Å². The zero-order chi connectivity index (χ0) is 13.2. The first-order chi connectivity index (χ1) is 9.28. The molecule has 104 valence electrons. The largest absolute Gasteiger partial charge is 0.396 e. The maximum Gasteiger partial charge on any atom is 0.0445 e. The fraction of sp³-hybridized carbons (Fsp3) is 0.600. The molecule has 1 saturated carbocycles. The Hall–Kier alpha value is -0.220. The second kappa shape index (κ2) is 6.04. The van der Waals surface area contributed by atoms with Crippen molar-refractivity contribution in [2.45, 2.75) is 42.7 Å². The first-order valence-corrected chi connectivity index (χ1v) is 8.43. The van der Waals surface area contributed by atoms with Gasteiger partial charge in [0.05, 0.1) is 0 Å². The van der Waals surface area contributed by atoms with Crippen molar-refractivity contribution in [1.29, 1.82) is 0 Å². The molecule has 2 aliphatic rings. The topological polar surface area (TPSA) is 32.3 Å². The smallest absolute Gasteiger partial charge is 0.0445 e. The van der Waals surface area contributed by atoms with Crippen LogP contribution in [0, 0.1) is 5.92 Å². The first-order valence-electron chi connectivity index (χ1n) is 7.07. The highest BCUT2D eigenvalue weighted by Crippen LogP contribution is 2.40. The highest BCUT2D eigenvalue weighted by atomic mass is 35.5. The van der Waals surface area contributed by atoms with Gasteiger partial charge in [0, 0.05) is 28.6 Å². The van der Waals surface area contributed by atoms with Gasteiger partial charge in [-0.15, -0.1) is 11.8 Å². The van der Waals surface area contributed by atoms with Crippen LogP contribution in [0.5, 0.6) is 0 Å². The molecule has 1 aliphatic heterocycles. The third-order valence-corrected chi connectivity index (χ3v) is 5.42. The summed E-state index contributed by atoms with van der Waals surface area (Å²) in [6.07, 6.45) is 4.62. The maximum atomic E-state index is 9.22. The number of thioether (sulfide) groups is 1. The minimum Gasteiger partial charge on any atom is -0.396 e. The van der Waals surface area contributed by atoms with Gasteiger partial charge in [-0.3, -0.25) is 0 Å². The van der Waals surface area contributed by atoms with E-state index in [1.54, 1.807) is 0 Å². The third kappa shape index (κ3) is 3.27. The van der Waals surface area contributed by atoms with E-state index in [-0.39, 0.29) is 6.61 Å². The van der Waals surface area contributed by atoms with Crippen LogP contribution < -0.4 is 5.32 Å². The number of aliphatic hydroxyl groups excluding tert-OH is 1. The fourth-order valence-corrected chi connectivity index (χ4v) is 4.18. The summed E-state index contributed by atoms with van der Waals surface area (Å²) in [6, 6.07) is 7.07. The Bertz CT molecular complexity index is 450. The standard InChI is InChI=1S/C15H20ClNOS/c16-11-3-4-15-12(9-11)14(6-8-19-15)17-13(5-7-18)10-1-2-10/h3-4,9-10,13-14,17-18H,1-2,5-8H2. The normalized spacial score (nSPS) is 24.0. The molecule has 0 radical (unpaired) electrons. The highest BCUT2D eigenvalue weighted by Gasteiger charge is 2.33. The lowest BCUT2D eigenvalue weighted by Gasteiger charge is -2.30. The molecule has 2 atom stereocenters. The first kappa shape index (κ1) is 13.7. The van der Waals surface area contributed by atoms with Crippen LogP contribution in [0.3, 0.4) is 0 Å². The van der Waals surface area contributed by atoms with E-state index in [1.165, 1.54) is 23.3 Å². The van der Waals surface area contributed by atoms with Gasteiger partial charge in [-0.25, -0.2) is 0 Å². The van der Waals surface area contributed by atoms with Gasteiger partial charge in [0.15, 0.2) is 0 Å². The molecule has 0 bridgehead atoms. The van der Waals surface area contributed by atoms with E-state index in [4.69, 9.17) is 11.6 Å². The van der Waals surface area contributed by atoms with Crippen LogP contribution in [0.2, 0.25) is 5.02 Å². The van der Waals surface area contributed by atoms with Crippen LogP contribution in [-0.2, 0) is 0 Å². The average Bonchev–Trinajstić information content (AvgIpc) is 3.23. The van der Waals surface area contributed by atoms with E-state index in [1.807, 2.05) is 17.8 Å². The number of nitrogens with one attached hydrogen (secondary N) is 1. The van der Waals surface area contributed by atoms with Crippen LogP contribution in [0.1, 0.15) is 37.3 Å². The van der Waals surface area contributed by atoms with E-state index >= 15 is 0 Å². The number of hydrogen-bond donors (Lipinski definition) is 2. The van der Waals surface area contributed by atoms with Gasteiger partial charge in [0.1, 0.15) is 0 Å². The van der Waals surface area contributed by atoms with E-state index in [2.05, 4.69) is 17.4 Å². The molecular formula is C15H20ClNOS. The number of hydrogen-bond acceptors (Lipinski definition) is 3. The Kier molecular flexibility index (Phi) is 4.37. The third-order valence-electron chi connectivity index (χ3n) is 4.06. The van der Waals surface area contributed by atoms with Gasteiger partial charge in [-0.05, 0) is 61.1 Å². The molecule has 1 fully saturated rings. The monoisotopic (exact) mass is 297 g/mol. The molecule has 1 aliphatic carbocycles. The molecule has 1 aromatic carbocycles. The molecule has 0 saturated heterocycles. The second-order valence-corrected chi connectivity index (χ2v) is 7.07. The Morgan fingerprint density at radius 2 is 2.21 bits per heavy atom. The van der Waals surface area contributed by atoms with Crippen molar-refractivity contribution in [2.75, 3.05) is 12.4 Å². The van der Waals surface area contributed by atoms with Crippen molar-refractivity contribution in [3.05, 3.63) is 28.8 Å². The summed E-state index contributed by atoms with van der Waals surface area (Å²) >= 11 is 8.06. The van der Waals surface area contributed by atoms with Gasteiger partial charge in [-0.2, -0.15) is 0 Å². The van der Waals surface area contributed by atoms with Crippen molar-refractivity contribution >= 4 is 23.4 Å². The molecule has 1 heterocycles. The zero-order valence-electron chi connectivity index (χ0n) is 10.9. The predicted octanol–water partition coefficient (Wildman–Crippen LogP) is 3.63. The minimum atomic E-state index is 0.276. The van der Waals surface area contributed by atoms with Gasteiger partial charge in [0.2, 0.25) is 0 Å². The summed E-state index contributed by atoms with van der Waals surface area (Å²) in [5.41, 5.74) is 1.34. The summed E-state index contributed by atoms with van der Waals surface area (Å²) < 4.78 is 0. The summed E-state index contributed by atoms with van der Waals surface area (Å²) in [5, 5.41) is 13.8. The van der Waals surface area contributed by atoms with Crippen molar-refractivity contribution in [2.24, 2.45) is 5.92 Å². The van der Waals surface area contributed by atoms with Crippen molar-refractivity contribution in [1.82, 2.24) is 5.32 Å². The van der Waals surface area contributed by atoms with E-state index in [0.717, 1.165) is 29.5 Å². The average molecular weight is 298 g/mol. The molecule has 4 heteroatoms. The molecule has 0 spiro atoms. The Morgan fingerprint density at radius 1 is 1.37 bits per heavy atom. The quantitative estimate of drug-likeness (QED) is 0.870. The summed E-state index contributed by atoms with van der Waals surface area (Å²) in [4.78, 5) is 1.35. The zero-order valence-corrected chi connectivity index (χ0v) is 12.5. The van der Waals surface area contributed by atoms with Gasteiger partial charge < -0.3 is 10.4 Å². The van der Waals surface area contributed by atoms with Crippen LogP contribution >= 0.6 is 23.4 Å². The summed E-state index contributed by atoms with van der Waals surface area (Å²) in [5.74, 6) is 1.92. The van der Waals surface area contributed by atoms with Gasteiger partial charge in [-0.1, -0.05) is 11.6 Å². The Balaban J connectivity index is 1.76. The second-order valence-electron chi connectivity index (χ2n) is 5.49. The fourth-order valence-electron chi connectivity index (χ4n) is 2.89. The van der Waals surface area contributed by atoms with Crippen molar-refractivity contribution in [3.8, 4) is 0 Å². The molecular weight excluding hydrogens is 278 g/mol. The van der Waals surface area contributed by atoms with Crippen molar-refractivity contribution < 1.29 is 5.11 Å². The van der Waals surface area contributed by atoms with Gasteiger partial charge >= 0.3 is 0 Å². The Labute approximate surface area is 123 Å². The predicted molar refractivity (Wildman–Crippen MR) is 80.9 cm³/mol. The Morgan fingerprint density at radius 3 is 2.95 bits per heavy atom. The number of fused-ring (bicyclic) bond motifs is 1. The molecule has 1 aromatic rings. The number of rotatable bonds is 5. The molecule has 0 aromatic heterocycles. The lowest BCUT2D eigenvalue weighted by Crippen LogP contribution is -2.36. The van der Waals surface area contributed by atoms with E-state index in [9.17, 15) is 5.11 Å². The minimum absolute atomic E-state index is 0.276. The summed E-state index contributed by atoms with van der Waals surface area (Å²) in [7, 11) is 0. The van der Waals surface area contributed by atoms with Crippen LogP contribution in [0.25, 0.3) is 0 Å². The van der Waals surface area contributed by atoms with Gasteiger partial charge in [0.25, 0.3) is 0 Å². The molecule has 19 heavy (non-hydrogen) atoms. The molecule has 2 unspecified atom stereocenters. The molecule has 2 N–H and O–H groups in total. The number of halogens is 1. The van der Waals surface area contributed by atoms with E-state index in [0.29, 0.717) is 12.1 Å². The lowest BCUT2D eigenvalue weighted by molar-refractivity contribution is 0.246.